The van der Waals surface area contributed by atoms with E-state index in [0.717, 1.165) is 0 Å². The molecule has 1 N–H and O–H groups in total. The zero-order valence-corrected chi connectivity index (χ0v) is 11.5. The average Bonchev–Trinajstić information content (AvgIpc) is 2.28. The molecular formula is C11H16Cl2N4. The van der Waals surface area contributed by atoms with E-state index >= 15 is 0 Å². The third kappa shape index (κ3) is 3.00. The van der Waals surface area contributed by atoms with E-state index in [2.05, 4.69) is 34.5 Å². The van der Waals surface area contributed by atoms with Gasteiger partial charge in [-0.05, 0) is 26.7 Å². The van der Waals surface area contributed by atoms with E-state index in [1.165, 1.54) is 19.3 Å². The molecule has 17 heavy (non-hydrogen) atoms. The fraction of sp³-hybridized carbons (Fsp3) is 0.636. The maximum atomic E-state index is 5.99. The Balaban J connectivity index is 2.16. The lowest BCUT2D eigenvalue weighted by Gasteiger charge is -2.39. The molecule has 0 radical (unpaired) electrons. The second-order valence-electron chi connectivity index (χ2n) is 4.52. The van der Waals surface area contributed by atoms with Crippen molar-refractivity contribution < 1.29 is 0 Å². The first-order chi connectivity index (χ1) is 8.08. The van der Waals surface area contributed by atoms with Gasteiger partial charge in [-0.3, -0.25) is 0 Å². The summed E-state index contributed by atoms with van der Waals surface area (Å²) in [6, 6.07) is 2.65. The first kappa shape index (κ1) is 12.9. The van der Waals surface area contributed by atoms with Crippen LogP contribution in [-0.2, 0) is 0 Å². The second kappa shape index (κ2) is 5.38. The summed E-state index contributed by atoms with van der Waals surface area (Å²) < 4.78 is 0. The number of hydrazine groups is 1. The largest absolute Gasteiger partial charge is 0.315 e. The van der Waals surface area contributed by atoms with Gasteiger partial charge in [0.15, 0.2) is 10.3 Å². The zero-order valence-electron chi connectivity index (χ0n) is 9.95. The molecule has 0 spiro atoms. The van der Waals surface area contributed by atoms with E-state index < -0.39 is 0 Å². The Morgan fingerprint density at radius 1 is 1.24 bits per heavy atom. The summed E-state index contributed by atoms with van der Waals surface area (Å²) in [7, 11) is 0. The lowest BCUT2D eigenvalue weighted by Crippen LogP contribution is -2.47. The molecule has 1 fully saturated rings. The maximum absolute atomic E-state index is 5.99. The normalized spacial score (nSPS) is 25.9. The fourth-order valence-electron chi connectivity index (χ4n) is 2.21. The van der Waals surface area contributed by atoms with Gasteiger partial charge in [0.05, 0.1) is 5.69 Å². The van der Waals surface area contributed by atoms with Crippen molar-refractivity contribution in [1.82, 2.24) is 15.2 Å². The average molecular weight is 275 g/mol. The smallest absolute Gasteiger partial charge is 0.176 e. The SMILES string of the molecule is CC1CCCC(C)N1Nc1cc(Cl)nnc1Cl. The molecule has 94 valence electrons. The highest BCUT2D eigenvalue weighted by Crippen LogP contribution is 2.27. The van der Waals surface area contributed by atoms with Crippen LogP contribution in [0.4, 0.5) is 5.69 Å². The fourth-order valence-corrected chi connectivity index (χ4v) is 2.49. The summed E-state index contributed by atoms with van der Waals surface area (Å²) in [5, 5.41) is 10.4. The van der Waals surface area contributed by atoms with Crippen LogP contribution in [0.1, 0.15) is 33.1 Å². The molecule has 2 atom stereocenters. The van der Waals surface area contributed by atoms with Gasteiger partial charge in [-0.15, -0.1) is 10.2 Å². The number of piperidine rings is 1. The highest BCUT2D eigenvalue weighted by molar-refractivity contribution is 6.33. The minimum Gasteiger partial charge on any atom is -0.315 e. The van der Waals surface area contributed by atoms with Crippen LogP contribution in [0.3, 0.4) is 0 Å². The summed E-state index contributed by atoms with van der Waals surface area (Å²) in [5.74, 6) is 0. The molecule has 4 nitrogen and oxygen atoms in total. The van der Waals surface area contributed by atoms with Crippen molar-refractivity contribution in [1.29, 1.82) is 0 Å². The third-order valence-corrected chi connectivity index (χ3v) is 3.63. The van der Waals surface area contributed by atoms with Crippen molar-refractivity contribution in [3.05, 3.63) is 16.4 Å². The summed E-state index contributed by atoms with van der Waals surface area (Å²) in [4.78, 5) is 0. The summed E-state index contributed by atoms with van der Waals surface area (Å²) in [5.41, 5.74) is 4.02. The molecule has 2 rings (SSSR count). The molecule has 1 aliphatic heterocycles. The van der Waals surface area contributed by atoms with E-state index in [0.29, 0.717) is 28.1 Å². The second-order valence-corrected chi connectivity index (χ2v) is 5.26. The lowest BCUT2D eigenvalue weighted by molar-refractivity contribution is 0.135. The molecule has 0 aliphatic carbocycles. The summed E-state index contributed by atoms with van der Waals surface area (Å²) >= 11 is 11.8. The first-order valence-corrected chi connectivity index (χ1v) is 6.57. The Morgan fingerprint density at radius 3 is 2.53 bits per heavy atom. The molecule has 0 bridgehead atoms. The Labute approximate surface area is 111 Å². The predicted molar refractivity (Wildman–Crippen MR) is 70.3 cm³/mol. The topological polar surface area (TPSA) is 41.0 Å². The molecule has 0 amide bonds. The molecule has 1 aliphatic rings. The number of aromatic nitrogens is 2. The molecule has 1 aromatic heterocycles. The van der Waals surface area contributed by atoms with Gasteiger partial charge in [-0.1, -0.05) is 29.6 Å². The molecular weight excluding hydrogens is 259 g/mol. The van der Waals surface area contributed by atoms with Crippen LogP contribution >= 0.6 is 23.2 Å². The highest BCUT2D eigenvalue weighted by atomic mass is 35.5. The zero-order chi connectivity index (χ0) is 12.4. The minimum atomic E-state index is 0.342. The first-order valence-electron chi connectivity index (χ1n) is 5.81. The van der Waals surface area contributed by atoms with Crippen LogP contribution in [-0.4, -0.2) is 27.3 Å². The van der Waals surface area contributed by atoms with Crippen molar-refractivity contribution in [2.75, 3.05) is 5.43 Å². The quantitative estimate of drug-likeness (QED) is 0.898. The van der Waals surface area contributed by atoms with Crippen LogP contribution in [0.5, 0.6) is 0 Å². The van der Waals surface area contributed by atoms with E-state index in [9.17, 15) is 0 Å². The van der Waals surface area contributed by atoms with Crippen LogP contribution < -0.4 is 5.43 Å². The van der Waals surface area contributed by atoms with Crippen molar-refractivity contribution in [3.8, 4) is 0 Å². The van der Waals surface area contributed by atoms with Gasteiger partial charge in [-0.25, -0.2) is 5.01 Å². The Kier molecular flexibility index (Phi) is 4.07. The van der Waals surface area contributed by atoms with Gasteiger partial charge in [0.2, 0.25) is 0 Å². The van der Waals surface area contributed by atoms with Gasteiger partial charge in [0.1, 0.15) is 0 Å². The molecule has 0 saturated carbocycles. The number of nitrogens with one attached hydrogen (secondary N) is 1. The molecule has 1 aromatic rings. The molecule has 2 unspecified atom stereocenters. The number of nitrogens with zero attached hydrogens (tertiary/aromatic N) is 3. The molecule has 0 aromatic carbocycles. The van der Waals surface area contributed by atoms with Gasteiger partial charge in [0, 0.05) is 18.2 Å². The van der Waals surface area contributed by atoms with E-state index in [1.54, 1.807) is 6.07 Å². The number of anilines is 1. The van der Waals surface area contributed by atoms with E-state index in [-0.39, 0.29) is 0 Å². The number of rotatable bonds is 2. The molecule has 2 heterocycles. The number of hydrogen-bond acceptors (Lipinski definition) is 4. The van der Waals surface area contributed by atoms with Crippen molar-refractivity contribution in [3.63, 3.8) is 0 Å². The predicted octanol–water partition coefficient (Wildman–Crippen LogP) is 3.37. The Bertz CT molecular complexity index is 389. The van der Waals surface area contributed by atoms with Gasteiger partial charge >= 0.3 is 0 Å². The van der Waals surface area contributed by atoms with E-state index in [4.69, 9.17) is 23.2 Å². The summed E-state index contributed by atoms with van der Waals surface area (Å²) in [6.45, 7) is 4.40. The highest BCUT2D eigenvalue weighted by Gasteiger charge is 2.25. The summed E-state index contributed by atoms with van der Waals surface area (Å²) in [6.07, 6.45) is 3.63. The van der Waals surface area contributed by atoms with Crippen LogP contribution in [0.15, 0.2) is 6.07 Å². The standard InChI is InChI=1S/C11H16Cl2N4/c1-7-4-3-5-8(2)17(7)16-9-6-10(12)14-15-11(9)13/h6-8H,3-5H2,1-2H3,(H,14,16). The van der Waals surface area contributed by atoms with Crippen molar-refractivity contribution >= 4 is 28.9 Å². The molecule has 1 saturated heterocycles. The van der Waals surface area contributed by atoms with Gasteiger partial charge in [0.25, 0.3) is 0 Å². The monoisotopic (exact) mass is 274 g/mol. The number of hydrogen-bond donors (Lipinski definition) is 1. The van der Waals surface area contributed by atoms with Crippen LogP contribution in [0, 0.1) is 0 Å². The van der Waals surface area contributed by atoms with Crippen molar-refractivity contribution in [2.45, 2.75) is 45.2 Å². The minimum absolute atomic E-state index is 0.342. The lowest BCUT2D eigenvalue weighted by atomic mass is 10.00. The van der Waals surface area contributed by atoms with Crippen molar-refractivity contribution in [2.24, 2.45) is 0 Å². The van der Waals surface area contributed by atoms with Crippen LogP contribution in [0.25, 0.3) is 0 Å². The molecule has 6 heteroatoms. The van der Waals surface area contributed by atoms with Gasteiger partial charge < -0.3 is 5.43 Å². The third-order valence-electron chi connectivity index (χ3n) is 3.16. The maximum Gasteiger partial charge on any atom is 0.176 e. The Hall–Kier alpha value is -0.580. The number of halogens is 2. The van der Waals surface area contributed by atoms with Gasteiger partial charge in [-0.2, -0.15) is 0 Å². The van der Waals surface area contributed by atoms with Crippen LogP contribution in [0.2, 0.25) is 10.3 Å². The van der Waals surface area contributed by atoms with E-state index in [1.807, 2.05) is 0 Å². The Morgan fingerprint density at radius 2 is 1.88 bits per heavy atom.